The molecule has 3 rings (SSSR count). The molecule has 0 spiro atoms. The third kappa shape index (κ3) is 2.10. The molecule has 0 amide bonds. The van der Waals surface area contributed by atoms with E-state index in [-0.39, 0.29) is 11.9 Å². The van der Waals surface area contributed by atoms with Crippen LogP contribution in [0, 0.1) is 12.7 Å². The number of hydrogen-bond donors (Lipinski definition) is 1. The summed E-state index contributed by atoms with van der Waals surface area (Å²) in [6, 6.07) is 10.8. The van der Waals surface area contributed by atoms with Crippen LogP contribution in [0.4, 0.5) is 4.39 Å². The van der Waals surface area contributed by atoms with Gasteiger partial charge in [-0.05, 0) is 29.7 Å². The van der Waals surface area contributed by atoms with Crippen molar-refractivity contribution in [2.24, 2.45) is 5.73 Å². The van der Waals surface area contributed by atoms with E-state index < -0.39 is 0 Å². The van der Waals surface area contributed by atoms with E-state index in [9.17, 15) is 4.39 Å². The third-order valence-electron chi connectivity index (χ3n) is 3.62. The first-order valence-corrected chi connectivity index (χ1v) is 6.43. The second kappa shape index (κ2) is 4.67. The number of halogens is 1. The number of hydrogen-bond acceptors (Lipinski definition) is 2. The van der Waals surface area contributed by atoms with Gasteiger partial charge in [-0.15, -0.1) is 0 Å². The van der Waals surface area contributed by atoms with Crippen molar-refractivity contribution < 1.29 is 9.13 Å². The zero-order valence-electron chi connectivity index (χ0n) is 10.8. The van der Waals surface area contributed by atoms with Crippen LogP contribution in [0.3, 0.4) is 0 Å². The van der Waals surface area contributed by atoms with Crippen molar-refractivity contribution in [2.75, 3.05) is 6.61 Å². The Labute approximate surface area is 112 Å². The van der Waals surface area contributed by atoms with E-state index in [2.05, 4.69) is 6.07 Å². The van der Waals surface area contributed by atoms with Crippen LogP contribution < -0.4 is 10.5 Å². The van der Waals surface area contributed by atoms with Crippen molar-refractivity contribution in [3.8, 4) is 5.75 Å². The monoisotopic (exact) mass is 257 g/mol. The van der Waals surface area contributed by atoms with Crippen molar-refractivity contribution in [1.29, 1.82) is 0 Å². The molecular formula is C16H16FNO. The summed E-state index contributed by atoms with van der Waals surface area (Å²) < 4.78 is 19.0. The quantitative estimate of drug-likeness (QED) is 0.897. The van der Waals surface area contributed by atoms with Crippen LogP contribution in [0.5, 0.6) is 5.75 Å². The predicted molar refractivity (Wildman–Crippen MR) is 72.8 cm³/mol. The van der Waals surface area contributed by atoms with Gasteiger partial charge < -0.3 is 10.5 Å². The molecule has 0 bridgehead atoms. The zero-order valence-corrected chi connectivity index (χ0v) is 10.8. The fourth-order valence-electron chi connectivity index (χ4n) is 2.53. The lowest BCUT2D eigenvalue weighted by molar-refractivity contribution is 0.352. The Hall–Kier alpha value is -1.87. The number of fused-ring (bicyclic) bond motifs is 1. The Kier molecular flexibility index (Phi) is 2.99. The summed E-state index contributed by atoms with van der Waals surface area (Å²) in [5, 5.41) is 0. The molecule has 1 unspecified atom stereocenters. The third-order valence-corrected chi connectivity index (χ3v) is 3.62. The largest absolute Gasteiger partial charge is 0.493 e. The van der Waals surface area contributed by atoms with Crippen molar-refractivity contribution in [2.45, 2.75) is 19.4 Å². The predicted octanol–water partition coefficient (Wildman–Crippen LogP) is 3.12. The minimum absolute atomic E-state index is 0.203. The molecule has 19 heavy (non-hydrogen) atoms. The van der Waals surface area contributed by atoms with Crippen LogP contribution in [0.2, 0.25) is 0 Å². The van der Waals surface area contributed by atoms with E-state index in [1.807, 2.05) is 12.1 Å². The highest BCUT2D eigenvalue weighted by atomic mass is 19.1. The van der Waals surface area contributed by atoms with Crippen LogP contribution in [0.1, 0.15) is 28.3 Å². The highest BCUT2D eigenvalue weighted by Crippen LogP contribution is 2.35. The van der Waals surface area contributed by atoms with Gasteiger partial charge in [0.05, 0.1) is 12.6 Å². The van der Waals surface area contributed by atoms with E-state index in [0.29, 0.717) is 12.2 Å². The van der Waals surface area contributed by atoms with Crippen LogP contribution >= 0.6 is 0 Å². The topological polar surface area (TPSA) is 35.2 Å². The first-order valence-electron chi connectivity index (χ1n) is 6.43. The molecule has 0 radical (unpaired) electrons. The Morgan fingerprint density at radius 3 is 2.89 bits per heavy atom. The fourth-order valence-corrected chi connectivity index (χ4v) is 2.53. The molecule has 3 heteroatoms. The highest BCUT2D eigenvalue weighted by molar-refractivity contribution is 5.48. The second-order valence-corrected chi connectivity index (χ2v) is 4.92. The number of benzene rings is 2. The van der Waals surface area contributed by atoms with Crippen LogP contribution in [0.15, 0.2) is 36.4 Å². The van der Waals surface area contributed by atoms with Gasteiger partial charge in [0.2, 0.25) is 0 Å². The molecule has 0 saturated heterocycles. The fraction of sp³-hybridized carbons (Fsp3) is 0.250. The van der Waals surface area contributed by atoms with Gasteiger partial charge in [-0.2, -0.15) is 0 Å². The minimum atomic E-state index is -0.285. The summed E-state index contributed by atoms with van der Waals surface area (Å²) in [5.74, 6) is 0.697. The lowest BCUT2D eigenvalue weighted by Crippen LogP contribution is -2.13. The van der Waals surface area contributed by atoms with E-state index >= 15 is 0 Å². The van der Waals surface area contributed by atoms with E-state index in [0.717, 1.165) is 23.3 Å². The molecule has 1 aliphatic rings. The molecule has 1 aliphatic heterocycles. The first kappa shape index (κ1) is 12.2. The van der Waals surface area contributed by atoms with Gasteiger partial charge >= 0.3 is 0 Å². The molecule has 0 fully saturated rings. The van der Waals surface area contributed by atoms with Gasteiger partial charge in [0.1, 0.15) is 11.6 Å². The van der Waals surface area contributed by atoms with Crippen LogP contribution in [-0.2, 0) is 6.42 Å². The number of rotatable bonds is 2. The van der Waals surface area contributed by atoms with Gasteiger partial charge in [0.25, 0.3) is 0 Å². The molecule has 2 nitrogen and oxygen atoms in total. The lowest BCUT2D eigenvalue weighted by atomic mass is 9.95. The number of aryl methyl sites for hydroxylation is 1. The second-order valence-electron chi connectivity index (χ2n) is 4.92. The standard InChI is InChI=1S/C16H16FNO/c1-10-9-12(5-6-14(10)17)15(18)13-4-2-3-11-7-8-19-16(11)13/h2-6,9,15H,7-8,18H2,1H3. The summed E-state index contributed by atoms with van der Waals surface area (Å²) >= 11 is 0. The molecule has 1 heterocycles. The summed E-state index contributed by atoms with van der Waals surface area (Å²) in [6.07, 6.45) is 0.929. The maximum absolute atomic E-state index is 13.3. The summed E-state index contributed by atoms with van der Waals surface area (Å²) in [7, 11) is 0. The molecule has 1 atom stereocenters. The van der Waals surface area contributed by atoms with E-state index in [1.165, 1.54) is 11.6 Å². The Bertz CT molecular complexity index is 624. The molecule has 0 aliphatic carbocycles. The van der Waals surface area contributed by atoms with Gasteiger partial charge in [-0.25, -0.2) is 4.39 Å². The van der Waals surface area contributed by atoms with Gasteiger partial charge in [-0.1, -0.05) is 30.3 Å². The number of para-hydroxylation sites is 1. The average Bonchev–Trinajstić information content (AvgIpc) is 2.89. The molecule has 2 aromatic rings. The molecule has 0 saturated carbocycles. The average molecular weight is 257 g/mol. The molecule has 0 aromatic heterocycles. The zero-order chi connectivity index (χ0) is 13.4. The summed E-state index contributed by atoms with van der Waals surface area (Å²) in [6.45, 7) is 2.46. The van der Waals surface area contributed by atoms with Crippen molar-refractivity contribution in [3.05, 3.63) is 64.5 Å². The number of nitrogens with two attached hydrogens (primary N) is 1. The van der Waals surface area contributed by atoms with Crippen molar-refractivity contribution in [1.82, 2.24) is 0 Å². The Balaban J connectivity index is 2.02. The summed E-state index contributed by atoms with van der Waals surface area (Å²) in [4.78, 5) is 0. The molecular weight excluding hydrogens is 241 g/mol. The lowest BCUT2D eigenvalue weighted by Gasteiger charge is -2.16. The molecule has 2 N–H and O–H groups in total. The molecule has 98 valence electrons. The normalized spacial score (nSPS) is 14.9. The van der Waals surface area contributed by atoms with Gasteiger partial charge in [0, 0.05) is 12.0 Å². The van der Waals surface area contributed by atoms with E-state index in [4.69, 9.17) is 10.5 Å². The summed E-state index contributed by atoms with van der Waals surface area (Å²) in [5.41, 5.74) is 10.00. The molecule has 2 aromatic carbocycles. The van der Waals surface area contributed by atoms with Gasteiger partial charge in [-0.3, -0.25) is 0 Å². The Morgan fingerprint density at radius 2 is 2.11 bits per heavy atom. The SMILES string of the molecule is Cc1cc(C(N)c2cccc3c2OCC3)ccc1F. The Morgan fingerprint density at radius 1 is 1.26 bits per heavy atom. The maximum Gasteiger partial charge on any atom is 0.127 e. The highest BCUT2D eigenvalue weighted by Gasteiger charge is 2.21. The van der Waals surface area contributed by atoms with Crippen LogP contribution in [0.25, 0.3) is 0 Å². The van der Waals surface area contributed by atoms with Crippen LogP contribution in [-0.4, -0.2) is 6.61 Å². The van der Waals surface area contributed by atoms with Crippen molar-refractivity contribution >= 4 is 0 Å². The maximum atomic E-state index is 13.3. The van der Waals surface area contributed by atoms with E-state index in [1.54, 1.807) is 19.1 Å². The van der Waals surface area contributed by atoms with Gasteiger partial charge in [0.15, 0.2) is 0 Å². The smallest absolute Gasteiger partial charge is 0.127 e. The first-order chi connectivity index (χ1) is 9.16. The number of ether oxygens (including phenoxy) is 1. The van der Waals surface area contributed by atoms with Crippen molar-refractivity contribution in [3.63, 3.8) is 0 Å². The minimum Gasteiger partial charge on any atom is -0.493 e.